The Hall–Kier alpha value is -1.96. The zero-order valence-electron chi connectivity index (χ0n) is 14.5. The fourth-order valence-electron chi connectivity index (χ4n) is 2.75. The van der Waals surface area contributed by atoms with Crippen LogP contribution in [0.25, 0.3) is 0 Å². The standard InChI is InChI=1S/C18H24N4O2S/c1-15-2-4-16(5-3-15)24-12-11-21-7-9-22(10-8-21)14-17(23)20-18-19-6-13-25-18/h2-6,13H,7-12,14H2,1H3,(H,19,20,23). The summed E-state index contributed by atoms with van der Waals surface area (Å²) in [7, 11) is 0. The second-order valence-corrected chi connectivity index (χ2v) is 7.06. The van der Waals surface area contributed by atoms with Gasteiger partial charge in [-0.3, -0.25) is 14.6 Å². The average molecular weight is 360 g/mol. The third-order valence-corrected chi connectivity index (χ3v) is 4.90. The third-order valence-electron chi connectivity index (χ3n) is 4.21. The Morgan fingerprint density at radius 1 is 1.20 bits per heavy atom. The first kappa shape index (κ1) is 17.8. The van der Waals surface area contributed by atoms with Crippen LogP contribution in [0.15, 0.2) is 35.8 Å². The number of benzene rings is 1. The van der Waals surface area contributed by atoms with Gasteiger partial charge >= 0.3 is 0 Å². The number of piperazine rings is 1. The molecule has 134 valence electrons. The summed E-state index contributed by atoms with van der Waals surface area (Å²) in [6.07, 6.45) is 1.69. The van der Waals surface area contributed by atoms with E-state index in [1.165, 1.54) is 16.9 Å². The smallest absolute Gasteiger partial charge is 0.240 e. The molecule has 0 bridgehead atoms. The number of hydrogen-bond donors (Lipinski definition) is 1. The SMILES string of the molecule is Cc1ccc(OCCN2CCN(CC(=O)Nc3nccs3)CC2)cc1. The van der Waals surface area contributed by atoms with Crippen molar-refractivity contribution in [2.75, 3.05) is 51.2 Å². The number of carbonyl (C=O) groups is 1. The van der Waals surface area contributed by atoms with Gasteiger partial charge in [-0.25, -0.2) is 4.98 Å². The topological polar surface area (TPSA) is 57.7 Å². The zero-order valence-corrected chi connectivity index (χ0v) is 15.3. The summed E-state index contributed by atoms with van der Waals surface area (Å²) in [6.45, 7) is 7.81. The van der Waals surface area contributed by atoms with E-state index in [0.29, 0.717) is 18.3 Å². The molecule has 2 aromatic rings. The molecule has 1 aliphatic heterocycles. The summed E-state index contributed by atoms with van der Waals surface area (Å²) in [5, 5.41) is 5.35. The lowest BCUT2D eigenvalue weighted by atomic mass is 10.2. The molecule has 1 aromatic carbocycles. The van der Waals surface area contributed by atoms with Gasteiger partial charge in [0, 0.05) is 44.3 Å². The monoisotopic (exact) mass is 360 g/mol. The molecule has 1 N–H and O–H groups in total. The Labute approximate surface area is 152 Å². The number of aryl methyl sites for hydroxylation is 1. The van der Waals surface area contributed by atoms with Crippen molar-refractivity contribution in [3.63, 3.8) is 0 Å². The van der Waals surface area contributed by atoms with Crippen molar-refractivity contribution >= 4 is 22.4 Å². The summed E-state index contributed by atoms with van der Waals surface area (Å²) in [5.74, 6) is 0.925. The first-order valence-corrected chi connectivity index (χ1v) is 9.40. The summed E-state index contributed by atoms with van der Waals surface area (Å²) in [5.41, 5.74) is 1.24. The molecule has 7 heteroatoms. The molecular weight excluding hydrogens is 336 g/mol. The first-order chi connectivity index (χ1) is 12.2. The number of nitrogens with zero attached hydrogens (tertiary/aromatic N) is 3. The number of carbonyl (C=O) groups excluding carboxylic acids is 1. The highest BCUT2D eigenvalue weighted by Gasteiger charge is 2.19. The fraction of sp³-hybridized carbons (Fsp3) is 0.444. The minimum atomic E-state index is 0.00565. The molecule has 0 aliphatic carbocycles. The maximum atomic E-state index is 12.0. The number of amides is 1. The fourth-order valence-corrected chi connectivity index (χ4v) is 3.29. The van der Waals surface area contributed by atoms with Crippen LogP contribution in [0.2, 0.25) is 0 Å². The van der Waals surface area contributed by atoms with Crippen molar-refractivity contribution in [3.05, 3.63) is 41.4 Å². The average Bonchev–Trinajstić information content (AvgIpc) is 3.11. The molecule has 6 nitrogen and oxygen atoms in total. The Morgan fingerprint density at radius 3 is 2.60 bits per heavy atom. The number of nitrogens with one attached hydrogen (secondary N) is 1. The van der Waals surface area contributed by atoms with Gasteiger partial charge in [-0.2, -0.15) is 0 Å². The molecule has 0 atom stereocenters. The van der Waals surface area contributed by atoms with Gasteiger partial charge in [0.2, 0.25) is 5.91 Å². The van der Waals surface area contributed by atoms with Gasteiger partial charge in [-0.05, 0) is 19.1 Å². The van der Waals surface area contributed by atoms with E-state index in [2.05, 4.69) is 39.2 Å². The predicted molar refractivity (Wildman–Crippen MR) is 100 cm³/mol. The molecular formula is C18H24N4O2S. The lowest BCUT2D eigenvalue weighted by Crippen LogP contribution is -2.49. The second kappa shape index (κ2) is 8.94. The molecule has 1 aromatic heterocycles. The number of ether oxygens (including phenoxy) is 1. The highest BCUT2D eigenvalue weighted by Crippen LogP contribution is 2.12. The van der Waals surface area contributed by atoms with Crippen molar-refractivity contribution in [1.29, 1.82) is 0 Å². The van der Waals surface area contributed by atoms with Crippen LogP contribution in [-0.2, 0) is 4.79 Å². The van der Waals surface area contributed by atoms with Crippen LogP contribution in [0.4, 0.5) is 5.13 Å². The van der Waals surface area contributed by atoms with E-state index in [1.54, 1.807) is 6.20 Å². The third kappa shape index (κ3) is 5.81. The van der Waals surface area contributed by atoms with Crippen LogP contribution in [0.3, 0.4) is 0 Å². The zero-order chi connectivity index (χ0) is 17.5. The number of anilines is 1. The Morgan fingerprint density at radius 2 is 1.92 bits per heavy atom. The molecule has 0 radical (unpaired) electrons. The molecule has 1 amide bonds. The van der Waals surface area contributed by atoms with Crippen LogP contribution in [-0.4, -0.2) is 66.6 Å². The van der Waals surface area contributed by atoms with Gasteiger partial charge in [0.05, 0.1) is 6.54 Å². The molecule has 0 saturated carbocycles. The molecule has 1 saturated heterocycles. The van der Waals surface area contributed by atoms with Gasteiger partial charge < -0.3 is 10.1 Å². The van der Waals surface area contributed by atoms with Crippen LogP contribution in [0.1, 0.15) is 5.56 Å². The summed E-state index contributed by atoms with van der Waals surface area (Å²) in [4.78, 5) is 20.6. The predicted octanol–water partition coefficient (Wildman–Crippen LogP) is 2.09. The Bertz CT molecular complexity index is 652. The first-order valence-electron chi connectivity index (χ1n) is 8.52. The normalized spacial score (nSPS) is 15.9. The van der Waals surface area contributed by atoms with Crippen LogP contribution >= 0.6 is 11.3 Å². The summed E-state index contributed by atoms with van der Waals surface area (Å²) in [6, 6.07) is 8.14. The van der Waals surface area contributed by atoms with Crippen molar-refractivity contribution in [2.24, 2.45) is 0 Å². The van der Waals surface area contributed by atoms with E-state index in [0.717, 1.165) is 38.5 Å². The molecule has 1 aliphatic rings. The lowest BCUT2D eigenvalue weighted by molar-refractivity contribution is -0.117. The van der Waals surface area contributed by atoms with Crippen molar-refractivity contribution < 1.29 is 9.53 Å². The van der Waals surface area contributed by atoms with E-state index in [-0.39, 0.29) is 5.91 Å². The highest BCUT2D eigenvalue weighted by molar-refractivity contribution is 7.13. The minimum Gasteiger partial charge on any atom is -0.492 e. The number of rotatable bonds is 7. The van der Waals surface area contributed by atoms with Crippen molar-refractivity contribution in [2.45, 2.75) is 6.92 Å². The van der Waals surface area contributed by atoms with Gasteiger partial charge in [-0.15, -0.1) is 11.3 Å². The molecule has 2 heterocycles. The van der Waals surface area contributed by atoms with E-state index < -0.39 is 0 Å². The quantitative estimate of drug-likeness (QED) is 0.819. The second-order valence-electron chi connectivity index (χ2n) is 6.16. The van der Waals surface area contributed by atoms with Crippen molar-refractivity contribution in [3.8, 4) is 5.75 Å². The molecule has 1 fully saturated rings. The highest BCUT2D eigenvalue weighted by atomic mass is 32.1. The lowest BCUT2D eigenvalue weighted by Gasteiger charge is -2.34. The van der Waals surface area contributed by atoms with Gasteiger partial charge in [-0.1, -0.05) is 17.7 Å². The van der Waals surface area contributed by atoms with Crippen LogP contribution in [0.5, 0.6) is 5.75 Å². The molecule has 3 rings (SSSR count). The molecule has 0 unspecified atom stereocenters. The summed E-state index contributed by atoms with van der Waals surface area (Å²) >= 11 is 1.44. The Balaban J connectivity index is 1.31. The van der Waals surface area contributed by atoms with Gasteiger partial charge in [0.25, 0.3) is 0 Å². The van der Waals surface area contributed by atoms with Gasteiger partial charge in [0.1, 0.15) is 12.4 Å². The van der Waals surface area contributed by atoms with E-state index >= 15 is 0 Å². The maximum absolute atomic E-state index is 12.0. The maximum Gasteiger partial charge on any atom is 0.240 e. The Kier molecular flexibility index (Phi) is 6.38. The molecule has 0 spiro atoms. The largest absolute Gasteiger partial charge is 0.492 e. The number of aromatic nitrogens is 1. The van der Waals surface area contributed by atoms with E-state index in [4.69, 9.17) is 4.74 Å². The van der Waals surface area contributed by atoms with Crippen LogP contribution in [0, 0.1) is 6.92 Å². The van der Waals surface area contributed by atoms with Crippen molar-refractivity contribution in [1.82, 2.24) is 14.8 Å². The summed E-state index contributed by atoms with van der Waals surface area (Å²) < 4.78 is 5.79. The minimum absolute atomic E-state index is 0.00565. The molecule has 25 heavy (non-hydrogen) atoms. The van der Waals surface area contributed by atoms with E-state index in [1.807, 2.05) is 17.5 Å². The number of hydrogen-bond acceptors (Lipinski definition) is 6. The number of thiazole rings is 1. The van der Waals surface area contributed by atoms with E-state index in [9.17, 15) is 4.79 Å². The van der Waals surface area contributed by atoms with Crippen LogP contribution < -0.4 is 10.1 Å². The van der Waals surface area contributed by atoms with Gasteiger partial charge in [0.15, 0.2) is 5.13 Å².